The Kier molecular flexibility index (Phi) is 3.48. The molecule has 1 aliphatic heterocycles. The monoisotopic (exact) mass is 288 g/mol. The first-order chi connectivity index (χ1) is 10.0. The van der Waals surface area contributed by atoms with Gasteiger partial charge in [-0.1, -0.05) is 20.8 Å². The molecule has 7 heteroatoms. The van der Waals surface area contributed by atoms with E-state index in [9.17, 15) is 4.79 Å². The molecule has 0 bridgehead atoms. The van der Waals surface area contributed by atoms with Crippen molar-refractivity contribution < 1.29 is 4.79 Å². The number of hydrogen-bond donors (Lipinski definition) is 0. The SMILES string of the molecule is CC(C)Cn1ccc(C(=O)N2C[C@@H](C)Cn3ncnc32)n1. The molecule has 112 valence electrons. The number of aromatic nitrogens is 5. The molecule has 3 heterocycles. The number of amides is 1. The van der Waals surface area contributed by atoms with Gasteiger partial charge in [-0.05, 0) is 17.9 Å². The van der Waals surface area contributed by atoms with Crippen molar-refractivity contribution >= 4 is 11.9 Å². The fourth-order valence-electron chi connectivity index (χ4n) is 2.61. The molecule has 0 fully saturated rings. The zero-order chi connectivity index (χ0) is 15.0. The number of fused-ring (bicyclic) bond motifs is 1. The molecule has 3 rings (SSSR count). The van der Waals surface area contributed by atoms with E-state index in [1.165, 1.54) is 6.33 Å². The Hall–Kier alpha value is -2.18. The minimum absolute atomic E-state index is 0.113. The summed E-state index contributed by atoms with van der Waals surface area (Å²) in [6.45, 7) is 8.59. The third kappa shape index (κ3) is 2.68. The molecule has 0 saturated carbocycles. The van der Waals surface area contributed by atoms with E-state index in [1.54, 1.807) is 15.6 Å². The van der Waals surface area contributed by atoms with Crippen LogP contribution < -0.4 is 4.90 Å². The highest BCUT2D eigenvalue weighted by Crippen LogP contribution is 2.21. The van der Waals surface area contributed by atoms with E-state index >= 15 is 0 Å². The smallest absolute Gasteiger partial charge is 0.275 e. The van der Waals surface area contributed by atoms with Crippen LogP contribution >= 0.6 is 0 Å². The molecule has 0 unspecified atom stereocenters. The molecule has 1 aliphatic rings. The summed E-state index contributed by atoms with van der Waals surface area (Å²) in [6.07, 6.45) is 3.34. The fraction of sp³-hybridized carbons (Fsp3) is 0.571. The molecule has 0 radical (unpaired) electrons. The zero-order valence-corrected chi connectivity index (χ0v) is 12.6. The molecule has 2 aromatic rings. The molecule has 21 heavy (non-hydrogen) atoms. The highest BCUT2D eigenvalue weighted by Gasteiger charge is 2.30. The molecule has 1 amide bonds. The molecule has 0 N–H and O–H groups in total. The van der Waals surface area contributed by atoms with Gasteiger partial charge in [-0.3, -0.25) is 14.4 Å². The van der Waals surface area contributed by atoms with E-state index in [0.29, 0.717) is 30.0 Å². The largest absolute Gasteiger partial charge is 0.281 e. The second-order valence-electron chi connectivity index (χ2n) is 6.08. The lowest BCUT2D eigenvalue weighted by molar-refractivity contribution is 0.0968. The topological polar surface area (TPSA) is 68.8 Å². The van der Waals surface area contributed by atoms with Crippen LogP contribution in [0, 0.1) is 11.8 Å². The average molecular weight is 288 g/mol. The second-order valence-corrected chi connectivity index (χ2v) is 6.08. The number of carbonyl (C=O) groups excluding carboxylic acids is 1. The highest BCUT2D eigenvalue weighted by molar-refractivity contribution is 6.03. The van der Waals surface area contributed by atoms with Gasteiger partial charge < -0.3 is 0 Å². The van der Waals surface area contributed by atoms with Crippen molar-refractivity contribution in [2.45, 2.75) is 33.9 Å². The van der Waals surface area contributed by atoms with Crippen LogP contribution in [0.15, 0.2) is 18.6 Å². The first-order valence-electron chi connectivity index (χ1n) is 7.27. The predicted molar refractivity (Wildman–Crippen MR) is 77.9 cm³/mol. The summed E-state index contributed by atoms with van der Waals surface area (Å²) in [5.41, 5.74) is 0.458. The molecular weight excluding hydrogens is 268 g/mol. The van der Waals surface area contributed by atoms with Crippen LogP contribution in [0.25, 0.3) is 0 Å². The predicted octanol–water partition coefficient (Wildman–Crippen LogP) is 1.43. The van der Waals surface area contributed by atoms with Gasteiger partial charge in [0.25, 0.3) is 5.91 Å². The third-order valence-corrected chi connectivity index (χ3v) is 3.47. The van der Waals surface area contributed by atoms with Crippen molar-refractivity contribution in [3.8, 4) is 0 Å². The van der Waals surface area contributed by atoms with Crippen LogP contribution in [0.3, 0.4) is 0 Å². The number of anilines is 1. The van der Waals surface area contributed by atoms with Gasteiger partial charge in [-0.15, -0.1) is 0 Å². The van der Waals surface area contributed by atoms with E-state index in [1.807, 2.05) is 10.9 Å². The maximum Gasteiger partial charge on any atom is 0.281 e. The van der Waals surface area contributed by atoms with Gasteiger partial charge >= 0.3 is 0 Å². The molecule has 2 aromatic heterocycles. The Morgan fingerprint density at radius 1 is 1.43 bits per heavy atom. The molecule has 0 aliphatic carbocycles. The lowest BCUT2D eigenvalue weighted by Crippen LogP contribution is -2.42. The maximum absolute atomic E-state index is 12.7. The molecular formula is C14H20N6O. The van der Waals surface area contributed by atoms with Gasteiger partial charge in [0.1, 0.15) is 6.33 Å². The standard InChI is InChI=1S/C14H20N6O/c1-10(2)6-18-5-4-12(17-18)13(21)19-7-11(3)8-20-14(19)15-9-16-20/h4-5,9-11H,6-8H2,1-3H3/t11-/m1/s1. The van der Waals surface area contributed by atoms with Crippen molar-refractivity contribution in [3.63, 3.8) is 0 Å². The van der Waals surface area contributed by atoms with Gasteiger partial charge in [0.2, 0.25) is 5.95 Å². The van der Waals surface area contributed by atoms with Crippen molar-refractivity contribution in [2.24, 2.45) is 11.8 Å². The zero-order valence-electron chi connectivity index (χ0n) is 12.6. The summed E-state index contributed by atoms with van der Waals surface area (Å²) in [7, 11) is 0. The number of hydrogen-bond acceptors (Lipinski definition) is 4. The summed E-state index contributed by atoms with van der Waals surface area (Å²) < 4.78 is 3.59. The molecule has 7 nitrogen and oxygen atoms in total. The highest BCUT2D eigenvalue weighted by atomic mass is 16.2. The van der Waals surface area contributed by atoms with E-state index in [2.05, 4.69) is 36.0 Å². The Labute approximate surface area is 123 Å². The van der Waals surface area contributed by atoms with Crippen LogP contribution in [0.1, 0.15) is 31.3 Å². The lowest BCUT2D eigenvalue weighted by Gasteiger charge is -2.29. The van der Waals surface area contributed by atoms with Crippen molar-refractivity contribution in [1.82, 2.24) is 24.5 Å². The number of nitrogens with zero attached hydrogens (tertiary/aromatic N) is 6. The first-order valence-corrected chi connectivity index (χ1v) is 7.27. The summed E-state index contributed by atoms with van der Waals surface area (Å²) in [5.74, 6) is 1.33. The van der Waals surface area contributed by atoms with Crippen LogP contribution in [0.4, 0.5) is 5.95 Å². The van der Waals surface area contributed by atoms with Crippen molar-refractivity contribution in [3.05, 3.63) is 24.3 Å². The number of rotatable bonds is 3. The number of carbonyl (C=O) groups is 1. The van der Waals surface area contributed by atoms with Gasteiger partial charge in [-0.25, -0.2) is 4.68 Å². The van der Waals surface area contributed by atoms with Crippen LogP contribution in [0.5, 0.6) is 0 Å². The Bertz CT molecular complexity index is 643. The quantitative estimate of drug-likeness (QED) is 0.856. The van der Waals surface area contributed by atoms with Gasteiger partial charge in [0, 0.05) is 25.8 Å². The van der Waals surface area contributed by atoms with Crippen molar-refractivity contribution in [2.75, 3.05) is 11.4 Å². The molecule has 0 aromatic carbocycles. The van der Waals surface area contributed by atoms with Crippen LogP contribution in [-0.4, -0.2) is 37.0 Å². The Balaban J connectivity index is 1.84. The van der Waals surface area contributed by atoms with E-state index in [4.69, 9.17) is 0 Å². The van der Waals surface area contributed by atoms with Crippen LogP contribution in [0.2, 0.25) is 0 Å². The maximum atomic E-state index is 12.7. The Morgan fingerprint density at radius 2 is 2.24 bits per heavy atom. The average Bonchev–Trinajstić information content (AvgIpc) is 3.04. The van der Waals surface area contributed by atoms with E-state index in [-0.39, 0.29) is 5.91 Å². The van der Waals surface area contributed by atoms with Crippen molar-refractivity contribution in [1.29, 1.82) is 0 Å². The molecule has 0 spiro atoms. The third-order valence-electron chi connectivity index (χ3n) is 3.47. The molecule has 1 atom stereocenters. The van der Waals surface area contributed by atoms with E-state index in [0.717, 1.165) is 13.1 Å². The summed E-state index contributed by atoms with van der Waals surface area (Å²) in [6, 6.07) is 1.77. The van der Waals surface area contributed by atoms with Gasteiger partial charge in [0.15, 0.2) is 5.69 Å². The Morgan fingerprint density at radius 3 is 3.00 bits per heavy atom. The van der Waals surface area contributed by atoms with Gasteiger partial charge in [0.05, 0.1) is 0 Å². The van der Waals surface area contributed by atoms with Crippen LogP contribution in [-0.2, 0) is 13.1 Å². The van der Waals surface area contributed by atoms with Gasteiger partial charge in [-0.2, -0.15) is 15.2 Å². The minimum atomic E-state index is -0.113. The first kappa shape index (κ1) is 13.8. The normalized spacial score (nSPS) is 18.1. The molecule has 0 saturated heterocycles. The second kappa shape index (κ2) is 5.31. The fourth-order valence-corrected chi connectivity index (χ4v) is 2.61. The van der Waals surface area contributed by atoms with E-state index < -0.39 is 0 Å². The minimum Gasteiger partial charge on any atom is -0.275 e. The lowest BCUT2D eigenvalue weighted by atomic mass is 10.1. The summed E-state index contributed by atoms with van der Waals surface area (Å²) in [5, 5.41) is 8.54. The summed E-state index contributed by atoms with van der Waals surface area (Å²) >= 11 is 0. The summed E-state index contributed by atoms with van der Waals surface area (Å²) in [4.78, 5) is 18.5.